The second kappa shape index (κ2) is 8.40. The largest absolute Gasteiger partial charge is 0.322 e. The summed E-state index contributed by atoms with van der Waals surface area (Å²) < 4.78 is 51.9. The van der Waals surface area contributed by atoms with Crippen molar-refractivity contribution in [3.05, 3.63) is 95.6 Å². The fourth-order valence-electron chi connectivity index (χ4n) is 2.70. The van der Waals surface area contributed by atoms with Crippen LogP contribution in [0.4, 0.5) is 20.2 Å². The molecule has 1 amide bonds. The van der Waals surface area contributed by atoms with Crippen LogP contribution in [0.25, 0.3) is 0 Å². The van der Waals surface area contributed by atoms with Crippen LogP contribution >= 0.6 is 0 Å². The molecule has 3 aromatic carbocycles. The number of sulfonamides is 1. The number of anilines is 2. The van der Waals surface area contributed by atoms with Crippen molar-refractivity contribution in [2.45, 2.75) is 6.54 Å². The summed E-state index contributed by atoms with van der Waals surface area (Å²) in [6, 6.07) is 18.1. The molecule has 0 radical (unpaired) electrons. The van der Waals surface area contributed by atoms with Crippen LogP contribution in [-0.2, 0) is 16.6 Å². The van der Waals surface area contributed by atoms with Gasteiger partial charge in [0, 0.05) is 17.3 Å². The summed E-state index contributed by atoms with van der Waals surface area (Å²) in [5, 5.41) is 2.48. The molecule has 3 aromatic rings. The molecule has 0 bridgehead atoms. The Balaban J connectivity index is 1.75. The molecule has 0 aliphatic carbocycles. The Hall–Kier alpha value is -3.26. The number of nitrogens with zero attached hydrogens (tertiary/aromatic N) is 1. The van der Waals surface area contributed by atoms with Crippen molar-refractivity contribution in [2.75, 3.05) is 15.9 Å². The van der Waals surface area contributed by atoms with Crippen LogP contribution in [0.5, 0.6) is 0 Å². The highest BCUT2D eigenvalue weighted by molar-refractivity contribution is 7.92. The third kappa shape index (κ3) is 5.17. The number of para-hydroxylation sites is 1. The third-order valence-electron chi connectivity index (χ3n) is 4.16. The van der Waals surface area contributed by atoms with E-state index in [1.165, 1.54) is 22.5 Å². The van der Waals surface area contributed by atoms with Crippen molar-refractivity contribution < 1.29 is 22.0 Å². The van der Waals surface area contributed by atoms with E-state index in [0.717, 1.165) is 18.4 Å². The molecule has 1 N–H and O–H groups in total. The highest BCUT2D eigenvalue weighted by Crippen LogP contribution is 2.21. The van der Waals surface area contributed by atoms with E-state index >= 15 is 0 Å². The van der Waals surface area contributed by atoms with E-state index in [2.05, 4.69) is 5.32 Å². The quantitative estimate of drug-likeness (QED) is 0.656. The van der Waals surface area contributed by atoms with Crippen molar-refractivity contribution in [1.82, 2.24) is 0 Å². The van der Waals surface area contributed by atoms with Crippen molar-refractivity contribution in [2.24, 2.45) is 0 Å². The number of benzene rings is 3. The minimum absolute atomic E-state index is 0.105. The maximum Gasteiger partial charge on any atom is 0.255 e. The first kappa shape index (κ1) is 20.5. The average Bonchev–Trinajstić information content (AvgIpc) is 2.69. The van der Waals surface area contributed by atoms with Crippen LogP contribution in [0.15, 0.2) is 72.8 Å². The molecule has 29 heavy (non-hydrogen) atoms. The van der Waals surface area contributed by atoms with Gasteiger partial charge in [0.15, 0.2) is 11.6 Å². The van der Waals surface area contributed by atoms with Crippen LogP contribution in [0, 0.1) is 11.6 Å². The van der Waals surface area contributed by atoms with Crippen LogP contribution in [0.2, 0.25) is 0 Å². The molecular weight excluding hydrogens is 398 g/mol. The summed E-state index contributed by atoms with van der Waals surface area (Å²) in [5.41, 5.74) is 1.65. The molecule has 0 fully saturated rings. The molecule has 0 heterocycles. The number of nitrogens with one attached hydrogen (secondary N) is 1. The predicted molar refractivity (Wildman–Crippen MR) is 108 cm³/mol. The molecule has 0 aliphatic rings. The fourth-order valence-corrected chi connectivity index (χ4v) is 3.59. The van der Waals surface area contributed by atoms with Crippen molar-refractivity contribution in [1.29, 1.82) is 0 Å². The summed E-state index contributed by atoms with van der Waals surface area (Å²) in [4.78, 5) is 12.3. The van der Waals surface area contributed by atoms with E-state index in [1.54, 1.807) is 42.5 Å². The second-order valence-electron chi connectivity index (χ2n) is 6.39. The molecule has 150 valence electrons. The Morgan fingerprint density at radius 1 is 0.931 bits per heavy atom. The summed E-state index contributed by atoms with van der Waals surface area (Å²) in [7, 11) is -3.50. The Labute approximate surface area is 167 Å². The lowest BCUT2D eigenvalue weighted by Gasteiger charge is -2.22. The average molecular weight is 416 g/mol. The molecule has 0 saturated heterocycles. The number of carbonyl (C=O) groups excluding carboxylic acids is 1. The van der Waals surface area contributed by atoms with Gasteiger partial charge in [-0.15, -0.1) is 0 Å². The van der Waals surface area contributed by atoms with E-state index in [0.29, 0.717) is 16.8 Å². The van der Waals surface area contributed by atoms with Gasteiger partial charge in [-0.3, -0.25) is 9.10 Å². The first-order valence-electron chi connectivity index (χ1n) is 8.62. The van der Waals surface area contributed by atoms with Gasteiger partial charge in [-0.05, 0) is 42.0 Å². The van der Waals surface area contributed by atoms with Crippen molar-refractivity contribution >= 4 is 27.3 Å². The maximum absolute atomic E-state index is 13.3. The second-order valence-corrected chi connectivity index (χ2v) is 8.29. The highest BCUT2D eigenvalue weighted by atomic mass is 32.2. The zero-order valence-corrected chi connectivity index (χ0v) is 16.3. The minimum atomic E-state index is -3.50. The lowest BCUT2D eigenvalue weighted by atomic mass is 10.1. The topological polar surface area (TPSA) is 66.5 Å². The lowest BCUT2D eigenvalue weighted by Crippen LogP contribution is -2.29. The molecule has 0 unspecified atom stereocenters. The van der Waals surface area contributed by atoms with Gasteiger partial charge < -0.3 is 5.32 Å². The maximum atomic E-state index is 13.3. The number of hydrogen-bond acceptors (Lipinski definition) is 3. The Morgan fingerprint density at radius 3 is 2.17 bits per heavy atom. The van der Waals surface area contributed by atoms with Crippen LogP contribution < -0.4 is 9.62 Å². The third-order valence-corrected chi connectivity index (χ3v) is 5.30. The van der Waals surface area contributed by atoms with Gasteiger partial charge in [0.05, 0.1) is 18.5 Å². The fraction of sp³-hybridized carbons (Fsp3) is 0.0952. The molecule has 0 spiro atoms. The van der Waals surface area contributed by atoms with Gasteiger partial charge >= 0.3 is 0 Å². The van der Waals surface area contributed by atoms with Gasteiger partial charge in [0.1, 0.15) is 0 Å². The lowest BCUT2D eigenvalue weighted by molar-refractivity contribution is 0.102. The summed E-state index contributed by atoms with van der Waals surface area (Å²) in [6.45, 7) is 0.105. The molecule has 0 saturated carbocycles. The van der Waals surface area contributed by atoms with Gasteiger partial charge in [0.2, 0.25) is 10.0 Å². The molecule has 0 atom stereocenters. The number of halogens is 2. The molecule has 3 rings (SSSR count). The van der Waals surface area contributed by atoms with Crippen LogP contribution in [0.3, 0.4) is 0 Å². The zero-order chi connectivity index (χ0) is 21.0. The van der Waals surface area contributed by atoms with E-state index in [4.69, 9.17) is 0 Å². The van der Waals surface area contributed by atoms with Crippen LogP contribution in [0.1, 0.15) is 15.9 Å². The Kier molecular flexibility index (Phi) is 5.93. The molecule has 8 heteroatoms. The SMILES string of the molecule is CS(=O)(=O)N(Cc1ccc(C(=O)Nc2ccc(F)c(F)c2)cc1)c1ccccc1. The standard InChI is InChI=1S/C21H18F2N2O3S/c1-29(27,28)25(18-5-3-2-4-6-18)14-15-7-9-16(10-8-15)21(26)24-17-11-12-19(22)20(23)13-17/h2-13H,14H2,1H3,(H,24,26). The van der Waals surface area contributed by atoms with E-state index in [1.807, 2.05) is 0 Å². The van der Waals surface area contributed by atoms with Gasteiger partial charge in [-0.25, -0.2) is 17.2 Å². The first-order chi connectivity index (χ1) is 13.7. The number of rotatable bonds is 6. The predicted octanol–water partition coefficient (Wildman–Crippen LogP) is 4.18. The zero-order valence-electron chi connectivity index (χ0n) is 15.5. The molecule has 0 aliphatic heterocycles. The van der Waals surface area contributed by atoms with Crippen molar-refractivity contribution in [3.8, 4) is 0 Å². The van der Waals surface area contributed by atoms with E-state index in [9.17, 15) is 22.0 Å². The highest BCUT2D eigenvalue weighted by Gasteiger charge is 2.18. The smallest absolute Gasteiger partial charge is 0.255 e. The van der Waals surface area contributed by atoms with Crippen molar-refractivity contribution in [3.63, 3.8) is 0 Å². The molecule has 5 nitrogen and oxygen atoms in total. The Morgan fingerprint density at radius 2 is 1.59 bits per heavy atom. The van der Waals surface area contributed by atoms with E-state index in [-0.39, 0.29) is 12.2 Å². The minimum Gasteiger partial charge on any atom is -0.322 e. The first-order valence-corrected chi connectivity index (χ1v) is 10.5. The van der Waals surface area contributed by atoms with Gasteiger partial charge in [-0.2, -0.15) is 0 Å². The normalized spacial score (nSPS) is 11.1. The monoisotopic (exact) mass is 416 g/mol. The number of carbonyl (C=O) groups is 1. The van der Waals surface area contributed by atoms with Gasteiger partial charge in [0.25, 0.3) is 5.91 Å². The summed E-state index contributed by atoms with van der Waals surface area (Å²) in [5.74, 6) is -2.55. The molecular formula is C21H18F2N2O3S. The number of hydrogen-bond donors (Lipinski definition) is 1. The number of amides is 1. The van der Waals surface area contributed by atoms with E-state index < -0.39 is 27.6 Å². The van der Waals surface area contributed by atoms with Gasteiger partial charge in [-0.1, -0.05) is 30.3 Å². The summed E-state index contributed by atoms with van der Waals surface area (Å²) >= 11 is 0. The van der Waals surface area contributed by atoms with Crippen LogP contribution in [-0.4, -0.2) is 20.6 Å². The summed E-state index contributed by atoms with van der Waals surface area (Å²) in [6.07, 6.45) is 1.13. The molecule has 0 aromatic heterocycles. The Bertz CT molecular complexity index is 1120.